The standard InChI is InChI=1S/C19H20N2O/c1-4-17-18(15-8-6-5-7-9-15)20-21(19(17)22)16-11-10-13(2)14(3)12-16/h5-12,22H,4H2,1-3H3. The van der Waals surface area contributed by atoms with Crippen molar-refractivity contribution in [3.8, 4) is 22.8 Å². The fraction of sp³-hybridized carbons (Fsp3) is 0.211. The average molecular weight is 292 g/mol. The van der Waals surface area contributed by atoms with Crippen LogP contribution in [0.4, 0.5) is 0 Å². The number of hydrogen-bond acceptors (Lipinski definition) is 2. The quantitative estimate of drug-likeness (QED) is 0.775. The molecule has 0 bridgehead atoms. The zero-order valence-corrected chi connectivity index (χ0v) is 13.2. The van der Waals surface area contributed by atoms with Gasteiger partial charge in [-0.25, -0.2) is 4.68 Å². The van der Waals surface area contributed by atoms with Crippen molar-refractivity contribution in [1.82, 2.24) is 9.78 Å². The molecule has 0 unspecified atom stereocenters. The highest BCUT2D eigenvalue weighted by molar-refractivity contribution is 5.66. The van der Waals surface area contributed by atoms with Crippen molar-refractivity contribution in [2.45, 2.75) is 27.2 Å². The van der Waals surface area contributed by atoms with E-state index in [2.05, 4.69) is 31.1 Å². The molecule has 3 aromatic rings. The number of benzene rings is 2. The van der Waals surface area contributed by atoms with Gasteiger partial charge in [0, 0.05) is 11.1 Å². The second kappa shape index (κ2) is 5.68. The molecule has 22 heavy (non-hydrogen) atoms. The summed E-state index contributed by atoms with van der Waals surface area (Å²) >= 11 is 0. The van der Waals surface area contributed by atoms with E-state index in [1.807, 2.05) is 43.3 Å². The predicted octanol–water partition coefficient (Wildman–Crippen LogP) is 4.42. The Bertz CT molecular complexity index is 804. The van der Waals surface area contributed by atoms with Crippen LogP contribution in [-0.2, 0) is 6.42 Å². The van der Waals surface area contributed by atoms with Crippen molar-refractivity contribution in [3.05, 3.63) is 65.2 Å². The van der Waals surface area contributed by atoms with E-state index in [0.29, 0.717) is 0 Å². The molecule has 1 heterocycles. The summed E-state index contributed by atoms with van der Waals surface area (Å²) in [6.07, 6.45) is 0.737. The lowest BCUT2D eigenvalue weighted by molar-refractivity contribution is 0.428. The third-order valence-electron chi connectivity index (χ3n) is 4.09. The highest BCUT2D eigenvalue weighted by atomic mass is 16.3. The molecule has 0 saturated heterocycles. The van der Waals surface area contributed by atoms with Crippen molar-refractivity contribution in [2.24, 2.45) is 0 Å². The highest BCUT2D eigenvalue weighted by Crippen LogP contribution is 2.32. The van der Waals surface area contributed by atoms with Gasteiger partial charge in [-0.1, -0.05) is 43.3 Å². The Labute approximate surface area is 130 Å². The average Bonchev–Trinajstić information content (AvgIpc) is 2.87. The van der Waals surface area contributed by atoms with Crippen molar-refractivity contribution < 1.29 is 5.11 Å². The smallest absolute Gasteiger partial charge is 0.218 e. The maximum atomic E-state index is 10.6. The van der Waals surface area contributed by atoms with Gasteiger partial charge in [0.05, 0.1) is 11.4 Å². The van der Waals surface area contributed by atoms with Crippen LogP contribution in [0.15, 0.2) is 48.5 Å². The van der Waals surface area contributed by atoms with Gasteiger partial charge in [0.2, 0.25) is 5.88 Å². The minimum Gasteiger partial charge on any atom is -0.493 e. The minimum atomic E-state index is 0.226. The molecule has 112 valence electrons. The zero-order chi connectivity index (χ0) is 15.7. The summed E-state index contributed by atoms with van der Waals surface area (Å²) in [7, 11) is 0. The summed E-state index contributed by atoms with van der Waals surface area (Å²) in [5.74, 6) is 0.226. The molecule has 0 amide bonds. The third kappa shape index (κ3) is 2.39. The monoisotopic (exact) mass is 292 g/mol. The second-order valence-corrected chi connectivity index (χ2v) is 5.55. The van der Waals surface area contributed by atoms with Crippen molar-refractivity contribution >= 4 is 0 Å². The fourth-order valence-corrected chi connectivity index (χ4v) is 2.63. The summed E-state index contributed by atoms with van der Waals surface area (Å²) in [5.41, 5.74) is 6.05. The maximum absolute atomic E-state index is 10.6. The zero-order valence-electron chi connectivity index (χ0n) is 13.2. The van der Waals surface area contributed by atoms with E-state index in [1.54, 1.807) is 4.68 Å². The molecule has 3 rings (SSSR count). The molecule has 1 aromatic heterocycles. The minimum absolute atomic E-state index is 0.226. The number of nitrogens with zero attached hydrogens (tertiary/aromatic N) is 2. The van der Waals surface area contributed by atoms with Gasteiger partial charge >= 0.3 is 0 Å². The van der Waals surface area contributed by atoms with E-state index in [1.165, 1.54) is 11.1 Å². The van der Waals surface area contributed by atoms with E-state index in [9.17, 15) is 5.11 Å². The van der Waals surface area contributed by atoms with Crippen LogP contribution in [0.1, 0.15) is 23.6 Å². The van der Waals surface area contributed by atoms with Crippen molar-refractivity contribution in [2.75, 3.05) is 0 Å². The van der Waals surface area contributed by atoms with Crippen molar-refractivity contribution in [1.29, 1.82) is 0 Å². The van der Waals surface area contributed by atoms with Crippen LogP contribution in [0.3, 0.4) is 0 Å². The van der Waals surface area contributed by atoms with Crippen LogP contribution in [0.5, 0.6) is 5.88 Å². The van der Waals surface area contributed by atoms with E-state index < -0.39 is 0 Å². The van der Waals surface area contributed by atoms with Gasteiger partial charge in [-0.3, -0.25) is 0 Å². The molecule has 0 fully saturated rings. The molecule has 0 aliphatic rings. The molecule has 3 nitrogen and oxygen atoms in total. The number of aryl methyl sites for hydroxylation is 2. The van der Waals surface area contributed by atoms with E-state index in [0.717, 1.165) is 28.9 Å². The van der Waals surface area contributed by atoms with Gasteiger partial charge in [-0.2, -0.15) is 5.10 Å². The van der Waals surface area contributed by atoms with Crippen LogP contribution < -0.4 is 0 Å². The van der Waals surface area contributed by atoms with Crippen molar-refractivity contribution in [3.63, 3.8) is 0 Å². The Morgan fingerprint density at radius 1 is 1.00 bits per heavy atom. The normalized spacial score (nSPS) is 10.9. The lowest BCUT2D eigenvalue weighted by Gasteiger charge is -2.06. The second-order valence-electron chi connectivity index (χ2n) is 5.55. The number of rotatable bonds is 3. The van der Waals surface area contributed by atoms with Gasteiger partial charge in [0.15, 0.2) is 0 Å². The summed E-state index contributed by atoms with van der Waals surface area (Å²) in [6, 6.07) is 16.1. The predicted molar refractivity (Wildman–Crippen MR) is 89.5 cm³/mol. The summed E-state index contributed by atoms with van der Waals surface area (Å²) in [5, 5.41) is 15.2. The van der Waals surface area contributed by atoms with E-state index in [-0.39, 0.29) is 5.88 Å². The summed E-state index contributed by atoms with van der Waals surface area (Å²) < 4.78 is 1.63. The molecule has 0 atom stereocenters. The number of hydrogen-bond donors (Lipinski definition) is 1. The Hall–Kier alpha value is -2.55. The molecular formula is C19H20N2O. The molecule has 0 aliphatic carbocycles. The summed E-state index contributed by atoms with van der Waals surface area (Å²) in [4.78, 5) is 0. The van der Waals surface area contributed by atoms with E-state index >= 15 is 0 Å². The molecule has 0 aliphatic heterocycles. The fourth-order valence-electron chi connectivity index (χ4n) is 2.63. The largest absolute Gasteiger partial charge is 0.493 e. The van der Waals surface area contributed by atoms with Crippen LogP contribution >= 0.6 is 0 Å². The van der Waals surface area contributed by atoms with Gasteiger partial charge in [0.1, 0.15) is 0 Å². The summed E-state index contributed by atoms with van der Waals surface area (Å²) in [6.45, 7) is 6.18. The number of aromatic hydroxyl groups is 1. The first-order chi connectivity index (χ1) is 10.6. The molecule has 0 saturated carbocycles. The Morgan fingerprint density at radius 3 is 2.36 bits per heavy atom. The van der Waals surface area contributed by atoms with Gasteiger partial charge in [0.25, 0.3) is 0 Å². The van der Waals surface area contributed by atoms with Gasteiger partial charge in [-0.15, -0.1) is 0 Å². The van der Waals surface area contributed by atoms with Crippen LogP contribution in [-0.4, -0.2) is 14.9 Å². The maximum Gasteiger partial charge on any atom is 0.218 e. The molecule has 1 N–H and O–H groups in total. The topological polar surface area (TPSA) is 38.0 Å². The SMILES string of the molecule is CCc1c(-c2ccccc2)nn(-c2ccc(C)c(C)c2)c1O. The first-order valence-electron chi connectivity index (χ1n) is 7.55. The Kier molecular flexibility index (Phi) is 3.72. The molecule has 0 radical (unpaired) electrons. The first kappa shape index (κ1) is 14.4. The van der Waals surface area contributed by atoms with E-state index in [4.69, 9.17) is 0 Å². The number of aromatic nitrogens is 2. The highest BCUT2D eigenvalue weighted by Gasteiger charge is 2.18. The molecular weight excluding hydrogens is 272 g/mol. The van der Waals surface area contributed by atoms with Crippen LogP contribution in [0.25, 0.3) is 16.9 Å². The molecule has 3 heteroatoms. The third-order valence-corrected chi connectivity index (χ3v) is 4.09. The Morgan fingerprint density at radius 2 is 1.73 bits per heavy atom. The van der Waals surface area contributed by atoms with Gasteiger partial charge in [-0.05, 0) is 43.5 Å². The van der Waals surface area contributed by atoms with Gasteiger partial charge < -0.3 is 5.11 Å². The molecule has 2 aromatic carbocycles. The van der Waals surface area contributed by atoms with Crippen LogP contribution in [0, 0.1) is 13.8 Å². The lowest BCUT2D eigenvalue weighted by Crippen LogP contribution is -1.97. The lowest BCUT2D eigenvalue weighted by atomic mass is 10.1. The Balaban J connectivity index is 2.18. The first-order valence-corrected chi connectivity index (χ1v) is 7.55. The molecule has 0 spiro atoms. The van der Waals surface area contributed by atoms with Crippen LogP contribution in [0.2, 0.25) is 0 Å².